The van der Waals surface area contributed by atoms with Crippen LogP contribution in [0, 0.1) is 0 Å². The van der Waals surface area contributed by atoms with Crippen molar-refractivity contribution in [1.82, 2.24) is 14.5 Å². The maximum absolute atomic E-state index is 12.7. The third kappa shape index (κ3) is 4.07. The van der Waals surface area contributed by atoms with E-state index in [2.05, 4.69) is 10.2 Å². The minimum Gasteiger partial charge on any atom is -0.349 e. The van der Waals surface area contributed by atoms with Crippen LogP contribution >= 0.6 is 0 Å². The van der Waals surface area contributed by atoms with Gasteiger partial charge in [0.2, 0.25) is 10.0 Å². The zero-order valence-electron chi connectivity index (χ0n) is 13.3. The van der Waals surface area contributed by atoms with Crippen molar-refractivity contribution < 1.29 is 17.6 Å². The molecule has 1 fully saturated rings. The van der Waals surface area contributed by atoms with E-state index < -0.39 is 22.6 Å². The van der Waals surface area contributed by atoms with E-state index in [-0.39, 0.29) is 23.0 Å². The van der Waals surface area contributed by atoms with Crippen LogP contribution in [0.2, 0.25) is 0 Å². The molecule has 8 heteroatoms. The second-order valence-electron chi connectivity index (χ2n) is 5.70. The van der Waals surface area contributed by atoms with Crippen LogP contribution in [0.4, 0.5) is 4.39 Å². The number of halogens is 1. The number of likely N-dealkylation sites (tertiary alicyclic amines) is 1. The van der Waals surface area contributed by atoms with Crippen molar-refractivity contribution in [2.75, 3.05) is 40.4 Å². The van der Waals surface area contributed by atoms with Crippen molar-refractivity contribution in [3.8, 4) is 0 Å². The summed E-state index contributed by atoms with van der Waals surface area (Å²) in [5, 5.41) is 2.39. The van der Waals surface area contributed by atoms with Gasteiger partial charge in [-0.15, -0.1) is 0 Å². The first-order chi connectivity index (χ1) is 10.9. The first-order valence-corrected chi connectivity index (χ1v) is 8.91. The molecule has 1 N–H and O–H groups in total. The standard InChI is InChI=1S/C15H22FN3O3S/c1-18-9-6-13(11-18)19(2)23(21,22)14-5-3-4-12(10-14)15(20)17-8-7-16/h3-5,10,13H,6-9,11H2,1-2H3,(H,17,20). The number of alkyl halides is 1. The Hall–Kier alpha value is -1.51. The molecule has 0 radical (unpaired) electrons. The zero-order valence-corrected chi connectivity index (χ0v) is 14.1. The fourth-order valence-electron chi connectivity index (χ4n) is 2.63. The molecular weight excluding hydrogens is 321 g/mol. The lowest BCUT2D eigenvalue weighted by Gasteiger charge is -2.24. The summed E-state index contributed by atoms with van der Waals surface area (Å²) in [5.41, 5.74) is 0.205. The summed E-state index contributed by atoms with van der Waals surface area (Å²) >= 11 is 0. The molecule has 1 aromatic rings. The van der Waals surface area contributed by atoms with Crippen molar-refractivity contribution in [1.29, 1.82) is 0 Å². The lowest BCUT2D eigenvalue weighted by atomic mass is 10.2. The highest BCUT2D eigenvalue weighted by Crippen LogP contribution is 2.22. The van der Waals surface area contributed by atoms with Gasteiger partial charge in [-0.05, 0) is 38.2 Å². The Kier molecular flexibility index (Phi) is 5.72. The van der Waals surface area contributed by atoms with Crippen molar-refractivity contribution in [3.63, 3.8) is 0 Å². The van der Waals surface area contributed by atoms with Gasteiger partial charge in [-0.2, -0.15) is 4.31 Å². The predicted molar refractivity (Wildman–Crippen MR) is 85.6 cm³/mol. The minimum atomic E-state index is -3.67. The highest BCUT2D eigenvalue weighted by Gasteiger charge is 2.32. The molecule has 1 atom stereocenters. The molecule has 1 amide bonds. The van der Waals surface area contributed by atoms with E-state index in [0.29, 0.717) is 6.54 Å². The number of benzene rings is 1. The summed E-state index contributed by atoms with van der Waals surface area (Å²) in [7, 11) is -0.151. The highest BCUT2D eigenvalue weighted by atomic mass is 32.2. The fourth-order valence-corrected chi connectivity index (χ4v) is 4.06. The van der Waals surface area contributed by atoms with Gasteiger partial charge in [0.05, 0.1) is 4.90 Å². The molecule has 0 aliphatic carbocycles. The Morgan fingerprint density at radius 1 is 1.48 bits per heavy atom. The minimum absolute atomic E-state index is 0.0717. The number of amides is 1. The first-order valence-electron chi connectivity index (χ1n) is 7.47. The number of carbonyl (C=O) groups excluding carboxylic acids is 1. The summed E-state index contributed by atoms with van der Waals surface area (Å²) in [6.45, 7) is 0.786. The Bertz CT molecular complexity index is 666. The average molecular weight is 343 g/mol. The van der Waals surface area contributed by atoms with Gasteiger partial charge < -0.3 is 10.2 Å². The number of hydrogen-bond acceptors (Lipinski definition) is 4. The topological polar surface area (TPSA) is 69.7 Å². The number of carbonyl (C=O) groups is 1. The van der Waals surface area contributed by atoms with Crippen molar-refractivity contribution in [2.45, 2.75) is 17.4 Å². The maximum Gasteiger partial charge on any atom is 0.251 e. The van der Waals surface area contributed by atoms with Gasteiger partial charge >= 0.3 is 0 Å². The maximum atomic E-state index is 12.7. The molecule has 2 rings (SSSR count). The van der Waals surface area contributed by atoms with Gasteiger partial charge in [-0.1, -0.05) is 6.07 Å². The monoisotopic (exact) mass is 343 g/mol. The van der Waals surface area contributed by atoms with Crippen LogP contribution in [0.15, 0.2) is 29.2 Å². The van der Waals surface area contributed by atoms with Crippen LogP contribution in [0.3, 0.4) is 0 Å². The van der Waals surface area contributed by atoms with Gasteiger partial charge in [0.25, 0.3) is 5.91 Å². The lowest BCUT2D eigenvalue weighted by Crippen LogP contribution is -2.38. The molecule has 1 aliphatic heterocycles. The molecule has 0 aromatic heterocycles. The molecule has 6 nitrogen and oxygen atoms in total. The molecule has 1 saturated heterocycles. The van der Waals surface area contributed by atoms with Gasteiger partial charge in [-0.25, -0.2) is 12.8 Å². The molecule has 23 heavy (non-hydrogen) atoms. The normalized spacial score (nSPS) is 19.2. The summed E-state index contributed by atoms with van der Waals surface area (Å²) in [6.07, 6.45) is 0.781. The van der Waals surface area contributed by atoms with Gasteiger partial charge in [-0.3, -0.25) is 4.79 Å². The molecule has 0 spiro atoms. The Balaban J connectivity index is 2.21. The van der Waals surface area contributed by atoms with Crippen molar-refractivity contribution in [2.24, 2.45) is 0 Å². The molecule has 1 aliphatic rings. The molecule has 1 aromatic carbocycles. The van der Waals surface area contributed by atoms with Gasteiger partial charge in [0.15, 0.2) is 0 Å². The van der Waals surface area contributed by atoms with E-state index in [1.54, 1.807) is 7.05 Å². The molecule has 0 saturated carbocycles. The van der Waals surface area contributed by atoms with Crippen LogP contribution in [0.1, 0.15) is 16.8 Å². The van der Waals surface area contributed by atoms with E-state index in [4.69, 9.17) is 0 Å². The van der Waals surface area contributed by atoms with Crippen molar-refractivity contribution in [3.05, 3.63) is 29.8 Å². The lowest BCUT2D eigenvalue weighted by molar-refractivity contribution is 0.0950. The van der Waals surface area contributed by atoms with E-state index in [9.17, 15) is 17.6 Å². The second-order valence-corrected chi connectivity index (χ2v) is 7.70. The number of rotatable bonds is 6. The third-order valence-corrected chi connectivity index (χ3v) is 5.94. The summed E-state index contributed by atoms with van der Waals surface area (Å²) in [6, 6.07) is 5.75. The third-order valence-electron chi connectivity index (χ3n) is 4.03. The van der Waals surface area contributed by atoms with E-state index in [1.165, 1.54) is 28.6 Å². The Morgan fingerprint density at radius 3 is 2.83 bits per heavy atom. The van der Waals surface area contributed by atoms with E-state index >= 15 is 0 Å². The predicted octanol–water partition coefficient (Wildman–Crippen LogP) is 0.710. The summed E-state index contributed by atoms with van der Waals surface area (Å²) < 4.78 is 39.0. The fraction of sp³-hybridized carbons (Fsp3) is 0.533. The quantitative estimate of drug-likeness (QED) is 0.826. The molecule has 128 valence electrons. The summed E-state index contributed by atoms with van der Waals surface area (Å²) in [5.74, 6) is -0.483. The van der Waals surface area contributed by atoms with Crippen LogP contribution < -0.4 is 5.32 Å². The van der Waals surface area contributed by atoms with E-state index in [1.807, 2.05) is 7.05 Å². The van der Waals surface area contributed by atoms with Crippen LogP contribution in [0.5, 0.6) is 0 Å². The van der Waals surface area contributed by atoms with E-state index in [0.717, 1.165) is 13.0 Å². The molecular formula is C15H22FN3O3S. The van der Waals surface area contributed by atoms with Crippen LogP contribution in [-0.2, 0) is 10.0 Å². The average Bonchev–Trinajstić information content (AvgIpc) is 2.98. The van der Waals surface area contributed by atoms with Crippen LogP contribution in [0.25, 0.3) is 0 Å². The Labute approximate surface area is 136 Å². The summed E-state index contributed by atoms with van der Waals surface area (Å²) in [4.78, 5) is 14.0. The second kappa shape index (κ2) is 7.37. The zero-order chi connectivity index (χ0) is 17.0. The number of hydrogen-bond donors (Lipinski definition) is 1. The number of likely N-dealkylation sites (N-methyl/N-ethyl adjacent to an activating group) is 2. The van der Waals surface area contributed by atoms with Gasteiger partial charge in [0.1, 0.15) is 6.67 Å². The highest BCUT2D eigenvalue weighted by molar-refractivity contribution is 7.89. The number of nitrogens with zero attached hydrogens (tertiary/aromatic N) is 2. The van der Waals surface area contributed by atoms with Gasteiger partial charge in [0, 0.05) is 31.7 Å². The number of nitrogens with one attached hydrogen (secondary N) is 1. The molecule has 1 heterocycles. The van der Waals surface area contributed by atoms with Crippen molar-refractivity contribution >= 4 is 15.9 Å². The smallest absolute Gasteiger partial charge is 0.251 e. The first kappa shape index (κ1) is 17.8. The largest absolute Gasteiger partial charge is 0.349 e. The SMILES string of the molecule is CN1CCC(N(C)S(=O)(=O)c2cccc(C(=O)NCCF)c2)C1. The number of sulfonamides is 1. The molecule has 1 unspecified atom stereocenters. The molecule has 0 bridgehead atoms. The van der Waals surface area contributed by atoms with Crippen LogP contribution in [-0.4, -0.2) is 70.0 Å². The Morgan fingerprint density at radius 2 is 2.22 bits per heavy atom.